The second kappa shape index (κ2) is 6.19. The van der Waals surface area contributed by atoms with Gasteiger partial charge in [0.2, 0.25) is 0 Å². The van der Waals surface area contributed by atoms with Crippen LogP contribution in [0.15, 0.2) is 24.7 Å². The standard InChI is InChI=1S/C14H14F3N5O2/c1-21-12(14(15,16)17)6-9(20-21)13(23)22-4-5-24-11(8-22)10-7-18-2-3-19-10/h2-3,6-7,11H,4-5,8H2,1H3/t11-/m0/s1. The third-order valence-electron chi connectivity index (χ3n) is 3.66. The Morgan fingerprint density at radius 1 is 1.38 bits per heavy atom. The van der Waals surface area contributed by atoms with Gasteiger partial charge in [-0.1, -0.05) is 0 Å². The van der Waals surface area contributed by atoms with Crippen LogP contribution in [0.1, 0.15) is 28.0 Å². The van der Waals surface area contributed by atoms with Crippen molar-refractivity contribution in [2.45, 2.75) is 12.3 Å². The molecule has 0 aliphatic carbocycles. The van der Waals surface area contributed by atoms with Gasteiger partial charge in [-0.3, -0.25) is 19.4 Å². The van der Waals surface area contributed by atoms with E-state index in [9.17, 15) is 18.0 Å². The minimum Gasteiger partial charge on any atom is -0.368 e. The minimum atomic E-state index is -4.56. The lowest BCUT2D eigenvalue weighted by atomic mass is 10.2. The summed E-state index contributed by atoms with van der Waals surface area (Å²) in [7, 11) is 1.15. The van der Waals surface area contributed by atoms with Gasteiger partial charge in [-0.25, -0.2) is 0 Å². The smallest absolute Gasteiger partial charge is 0.368 e. The first-order chi connectivity index (χ1) is 11.4. The van der Waals surface area contributed by atoms with Crippen molar-refractivity contribution in [3.05, 3.63) is 41.7 Å². The zero-order valence-electron chi connectivity index (χ0n) is 12.7. The Balaban J connectivity index is 1.78. The van der Waals surface area contributed by atoms with Gasteiger partial charge < -0.3 is 9.64 Å². The number of ether oxygens (including phenoxy) is 1. The molecular formula is C14H14F3N5O2. The summed E-state index contributed by atoms with van der Waals surface area (Å²) >= 11 is 0. The summed E-state index contributed by atoms with van der Waals surface area (Å²) in [6, 6.07) is 0.759. The number of morpholine rings is 1. The van der Waals surface area contributed by atoms with Crippen LogP contribution in [0.25, 0.3) is 0 Å². The van der Waals surface area contributed by atoms with Crippen LogP contribution in [0.4, 0.5) is 13.2 Å². The Bertz CT molecular complexity index is 732. The van der Waals surface area contributed by atoms with Crippen LogP contribution in [0.3, 0.4) is 0 Å². The molecule has 0 spiro atoms. The molecule has 7 nitrogen and oxygen atoms in total. The van der Waals surface area contributed by atoms with Crippen LogP contribution in [-0.4, -0.2) is 50.3 Å². The molecule has 0 saturated carbocycles. The molecule has 0 radical (unpaired) electrons. The third-order valence-corrected chi connectivity index (χ3v) is 3.66. The summed E-state index contributed by atoms with van der Waals surface area (Å²) in [6.07, 6.45) is -0.480. The Hall–Kier alpha value is -2.49. The van der Waals surface area contributed by atoms with E-state index in [4.69, 9.17) is 4.74 Å². The van der Waals surface area contributed by atoms with Gasteiger partial charge in [-0.2, -0.15) is 18.3 Å². The van der Waals surface area contributed by atoms with E-state index in [1.54, 1.807) is 0 Å². The van der Waals surface area contributed by atoms with Gasteiger partial charge in [-0.05, 0) is 0 Å². The van der Waals surface area contributed by atoms with Crippen LogP contribution >= 0.6 is 0 Å². The second-order valence-electron chi connectivity index (χ2n) is 5.28. The second-order valence-corrected chi connectivity index (χ2v) is 5.28. The molecule has 0 N–H and O–H groups in total. The van der Waals surface area contributed by atoms with Crippen molar-refractivity contribution in [3.63, 3.8) is 0 Å². The molecule has 3 heterocycles. The SMILES string of the molecule is Cn1nc(C(=O)N2CCO[C@H](c3cnccn3)C2)cc1C(F)(F)F. The van der Waals surface area contributed by atoms with Crippen LogP contribution in [0.2, 0.25) is 0 Å². The van der Waals surface area contributed by atoms with E-state index >= 15 is 0 Å². The fourth-order valence-electron chi connectivity index (χ4n) is 2.49. The van der Waals surface area contributed by atoms with Crippen molar-refractivity contribution in [3.8, 4) is 0 Å². The topological polar surface area (TPSA) is 73.1 Å². The van der Waals surface area contributed by atoms with E-state index in [-0.39, 0.29) is 25.4 Å². The maximum atomic E-state index is 12.8. The van der Waals surface area contributed by atoms with Gasteiger partial charge in [0.05, 0.1) is 25.0 Å². The van der Waals surface area contributed by atoms with E-state index in [2.05, 4.69) is 15.1 Å². The number of carbonyl (C=O) groups is 1. The number of rotatable bonds is 2. The number of aromatic nitrogens is 4. The lowest BCUT2D eigenvalue weighted by Crippen LogP contribution is -2.42. The third kappa shape index (κ3) is 3.23. The lowest BCUT2D eigenvalue weighted by molar-refractivity contribution is -0.143. The molecular weight excluding hydrogens is 327 g/mol. The van der Waals surface area contributed by atoms with E-state index in [1.807, 2.05) is 0 Å². The summed E-state index contributed by atoms with van der Waals surface area (Å²) in [6.45, 7) is 0.703. The van der Waals surface area contributed by atoms with Crippen molar-refractivity contribution >= 4 is 5.91 Å². The molecule has 0 aromatic carbocycles. The number of alkyl halides is 3. The molecule has 0 unspecified atom stereocenters. The minimum absolute atomic E-state index is 0.176. The number of amides is 1. The van der Waals surface area contributed by atoms with Crippen molar-refractivity contribution in [1.29, 1.82) is 0 Å². The molecule has 1 saturated heterocycles. The van der Waals surface area contributed by atoms with Crippen LogP contribution < -0.4 is 0 Å². The summed E-state index contributed by atoms with van der Waals surface area (Å²) in [4.78, 5) is 21.9. The van der Waals surface area contributed by atoms with Crippen molar-refractivity contribution in [1.82, 2.24) is 24.6 Å². The molecule has 1 aliphatic heterocycles. The highest BCUT2D eigenvalue weighted by molar-refractivity contribution is 5.92. The highest BCUT2D eigenvalue weighted by atomic mass is 19.4. The average Bonchev–Trinajstić information content (AvgIpc) is 2.97. The monoisotopic (exact) mass is 341 g/mol. The normalized spacial score (nSPS) is 18.7. The predicted octanol–water partition coefficient (Wildman–Crippen LogP) is 1.44. The quantitative estimate of drug-likeness (QED) is 0.826. The first kappa shape index (κ1) is 16.4. The maximum Gasteiger partial charge on any atom is 0.433 e. The highest BCUT2D eigenvalue weighted by Crippen LogP contribution is 2.30. The van der Waals surface area contributed by atoms with Crippen molar-refractivity contribution in [2.75, 3.05) is 19.7 Å². The molecule has 2 aromatic heterocycles. The summed E-state index contributed by atoms with van der Waals surface area (Å²) in [5.41, 5.74) is -0.652. The number of hydrogen-bond donors (Lipinski definition) is 0. The zero-order valence-corrected chi connectivity index (χ0v) is 12.7. The predicted molar refractivity (Wildman–Crippen MR) is 74.8 cm³/mol. The fraction of sp³-hybridized carbons (Fsp3) is 0.429. The van der Waals surface area contributed by atoms with E-state index in [0.29, 0.717) is 10.4 Å². The number of nitrogens with zero attached hydrogens (tertiary/aromatic N) is 5. The fourth-order valence-corrected chi connectivity index (χ4v) is 2.49. The average molecular weight is 341 g/mol. The molecule has 1 fully saturated rings. The van der Waals surface area contributed by atoms with E-state index < -0.39 is 23.9 Å². The molecule has 1 amide bonds. The van der Waals surface area contributed by atoms with Crippen LogP contribution in [0, 0.1) is 0 Å². The highest BCUT2D eigenvalue weighted by Gasteiger charge is 2.37. The Morgan fingerprint density at radius 2 is 2.17 bits per heavy atom. The van der Waals surface area contributed by atoms with Gasteiger partial charge in [0.1, 0.15) is 11.8 Å². The van der Waals surface area contributed by atoms with Gasteiger partial charge in [0.15, 0.2) is 5.69 Å². The summed E-state index contributed by atoms with van der Waals surface area (Å²) in [5.74, 6) is -0.571. The van der Waals surface area contributed by atoms with E-state index in [1.165, 1.54) is 23.5 Å². The Kier molecular flexibility index (Phi) is 4.22. The zero-order chi connectivity index (χ0) is 17.3. The van der Waals surface area contributed by atoms with Crippen molar-refractivity contribution < 1.29 is 22.7 Å². The number of carbonyl (C=O) groups excluding carboxylic acids is 1. The molecule has 0 bridgehead atoms. The van der Waals surface area contributed by atoms with Gasteiger partial charge in [-0.15, -0.1) is 0 Å². The molecule has 10 heteroatoms. The molecule has 24 heavy (non-hydrogen) atoms. The molecule has 2 aromatic rings. The lowest BCUT2D eigenvalue weighted by Gasteiger charge is -2.32. The summed E-state index contributed by atoms with van der Waals surface area (Å²) in [5, 5.41) is 3.69. The van der Waals surface area contributed by atoms with Gasteiger partial charge >= 0.3 is 6.18 Å². The Morgan fingerprint density at radius 3 is 2.79 bits per heavy atom. The number of halogens is 3. The van der Waals surface area contributed by atoms with Crippen molar-refractivity contribution in [2.24, 2.45) is 7.05 Å². The maximum absolute atomic E-state index is 12.8. The Labute approximate surface area is 135 Å². The largest absolute Gasteiger partial charge is 0.433 e. The number of aryl methyl sites for hydroxylation is 1. The molecule has 1 atom stereocenters. The summed E-state index contributed by atoms with van der Waals surface area (Å²) < 4.78 is 44.7. The molecule has 128 valence electrons. The van der Waals surface area contributed by atoms with Gasteiger partial charge in [0.25, 0.3) is 5.91 Å². The molecule has 3 rings (SSSR count). The number of hydrogen-bond acceptors (Lipinski definition) is 5. The molecule has 1 aliphatic rings. The van der Waals surface area contributed by atoms with E-state index in [0.717, 1.165) is 13.1 Å². The van der Waals surface area contributed by atoms with Crippen LogP contribution in [-0.2, 0) is 18.0 Å². The van der Waals surface area contributed by atoms with Gasteiger partial charge in [0, 0.05) is 32.1 Å². The first-order valence-corrected chi connectivity index (χ1v) is 7.14. The first-order valence-electron chi connectivity index (χ1n) is 7.14. The van der Waals surface area contributed by atoms with Crippen LogP contribution in [0.5, 0.6) is 0 Å².